The lowest BCUT2D eigenvalue weighted by molar-refractivity contribution is 0.138. The number of rotatable bonds is 0. The van der Waals surface area contributed by atoms with Crippen LogP contribution in [0.3, 0.4) is 0 Å². The zero-order valence-electron chi connectivity index (χ0n) is 9.00. The molecule has 0 saturated heterocycles. The van der Waals surface area contributed by atoms with E-state index in [1.54, 1.807) is 0 Å². The summed E-state index contributed by atoms with van der Waals surface area (Å²) in [6, 6.07) is 5.90. The Morgan fingerprint density at radius 2 is 2.27 bits per heavy atom. The van der Waals surface area contributed by atoms with E-state index < -0.39 is 0 Å². The summed E-state index contributed by atoms with van der Waals surface area (Å²) in [6.07, 6.45) is 0.914. The lowest BCUT2D eigenvalue weighted by Crippen LogP contribution is -2.24. The van der Waals surface area contributed by atoms with E-state index in [9.17, 15) is 0 Å². The Bertz CT molecular complexity index is 436. The number of hydrogen-bond donors (Lipinski definition) is 1. The van der Waals surface area contributed by atoms with Crippen molar-refractivity contribution in [3.8, 4) is 17.6 Å². The third-order valence-electron chi connectivity index (χ3n) is 2.37. The Hall–Kier alpha value is -1.46. The van der Waals surface area contributed by atoms with Gasteiger partial charge in [-0.15, -0.1) is 0 Å². The van der Waals surface area contributed by atoms with Gasteiger partial charge >= 0.3 is 0 Å². The van der Waals surface area contributed by atoms with Crippen LogP contribution in [0.25, 0.3) is 0 Å². The maximum atomic E-state index is 8.61. The van der Waals surface area contributed by atoms with Crippen molar-refractivity contribution in [2.24, 2.45) is 0 Å². The van der Waals surface area contributed by atoms with Crippen molar-refractivity contribution < 1.29 is 9.84 Å². The monoisotopic (exact) mass is 202 g/mol. The zero-order chi connectivity index (χ0) is 10.9. The van der Waals surface area contributed by atoms with Crippen molar-refractivity contribution in [3.05, 3.63) is 29.3 Å². The molecule has 0 amide bonds. The Balaban J connectivity index is 2.30. The molecule has 1 aliphatic rings. The van der Waals surface area contributed by atoms with Gasteiger partial charge in [0, 0.05) is 12.0 Å². The molecule has 1 N–H and O–H groups in total. The van der Waals surface area contributed by atoms with Crippen LogP contribution in [0.15, 0.2) is 18.2 Å². The van der Waals surface area contributed by atoms with Crippen LogP contribution in [0, 0.1) is 11.8 Å². The van der Waals surface area contributed by atoms with Gasteiger partial charge in [-0.05, 0) is 37.6 Å². The van der Waals surface area contributed by atoms with Crippen LogP contribution in [0.2, 0.25) is 0 Å². The highest BCUT2D eigenvalue weighted by atomic mass is 16.5. The second kappa shape index (κ2) is 3.60. The van der Waals surface area contributed by atoms with E-state index in [4.69, 9.17) is 9.84 Å². The molecule has 1 aromatic rings. The Labute approximate surface area is 89.9 Å². The van der Waals surface area contributed by atoms with Crippen LogP contribution in [0.5, 0.6) is 5.75 Å². The number of ether oxygens (including phenoxy) is 1. The smallest absolute Gasteiger partial charge is 0.123 e. The zero-order valence-corrected chi connectivity index (χ0v) is 9.00. The number of aliphatic hydroxyl groups is 1. The van der Waals surface area contributed by atoms with Crippen molar-refractivity contribution in [1.29, 1.82) is 0 Å². The van der Waals surface area contributed by atoms with Gasteiger partial charge < -0.3 is 9.84 Å². The van der Waals surface area contributed by atoms with Crippen LogP contribution < -0.4 is 4.74 Å². The minimum absolute atomic E-state index is 0.0981. The highest BCUT2D eigenvalue weighted by Crippen LogP contribution is 2.34. The molecule has 2 nitrogen and oxygen atoms in total. The van der Waals surface area contributed by atoms with Crippen LogP contribution in [0.4, 0.5) is 0 Å². The first-order valence-corrected chi connectivity index (χ1v) is 5.02. The molecular formula is C13H14O2. The van der Waals surface area contributed by atoms with Gasteiger partial charge in [0.15, 0.2) is 0 Å². The summed E-state index contributed by atoms with van der Waals surface area (Å²) >= 11 is 0. The molecule has 1 heterocycles. The number of aliphatic hydroxyl groups excluding tert-OH is 1. The third-order valence-corrected chi connectivity index (χ3v) is 2.37. The molecule has 0 aromatic heterocycles. The molecule has 2 rings (SSSR count). The minimum Gasteiger partial charge on any atom is -0.487 e. The van der Waals surface area contributed by atoms with Gasteiger partial charge in [0.25, 0.3) is 0 Å². The predicted octanol–water partition coefficient (Wildman–Crippen LogP) is 1.74. The van der Waals surface area contributed by atoms with Crippen molar-refractivity contribution in [2.75, 3.05) is 6.61 Å². The van der Waals surface area contributed by atoms with Crippen LogP contribution >= 0.6 is 0 Å². The molecule has 0 radical (unpaired) electrons. The largest absolute Gasteiger partial charge is 0.487 e. The van der Waals surface area contributed by atoms with E-state index in [2.05, 4.69) is 25.7 Å². The molecule has 0 saturated carbocycles. The fourth-order valence-corrected chi connectivity index (χ4v) is 1.83. The van der Waals surface area contributed by atoms with Gasteiger partial charge in [-0.2, -0.15) is 0 Å². The third kappa shape index (κ3) is 2.14. The van der Waals surface area contributed by atoms with E-state index in [0.29, 0.717) is 0 Å². The molecule has 15 heavy (non-hydrogen) atoms. The van der Waals surface area contributed by atoms with Gasteiger partial charge in [0.05, 0.1) is 0 Å². The maximum absolute atomic E-state index is 8.61. The lowest BCUT2D eigenvalue weighted by Gasteiger charge is -2.16. The normalized spacial score (nSPS) is 16.2. The topological polar surface area (TPSA) is 29.5 Å². The summed E-state index contributed by atoms with van der Waals surface area (Å²) in [4.78, 5) is 0. The summed E-state index contributed by atoms with van der Waals surface area (Å²) in [5.74, 6) is 6.49. The standard InChI is InChI=1S/C13H14O2/c1-13(2)9-11-8-10(4-3-7-14)5-6-12(11)15-13/h5-6,8,14H,7,9H2,1-2H3. The molecular weight excluding hydrogens is 188 g/mol. The summed E-state index contributed by atoms with van der Waals surface area (Å²) in [5, 5.41) is 8.61. The second-order valence-electron chi connectivity index (χ2n) is 4.32. The summed E-state index contributed by atoms with van der Waals surface area (Å²) in [7, 11) is 0. The van der Waals surface area contributed by atoms with Crippen molar-refractivity contribution in [2.45, 2.75) is 25.9 Å². The van der Waals surface area contributed by atoms with Gasteiger partial charge in [0.2, 0.25) is 0 Å². The number of hydrogen-bond acceptors (Lipinski definition) is 2. The maximum Gasteiger partial charge on any atom is 0.123 e. The Morgan fingerprint density at radius 3 is 3.00 bits per heavy atom. The van der Waals surface area contributed by atoms with E-state index in [1.807, 2.05) is 18.2 Å². The summed E-state index contributed by atoms with van der Waals surface area (Å²) in [6.45, 7) is 4.05. The molecule has 0 bridgehead atoms. The van der Waals surface area contributed by atoms with Gasteiger partial charge in [0.1, 0.15) is 18.0 Å². The second-order valence-corrected chi connectivity index (χ2v) is 4.32. The molecule has 2 heteroatoms. The van der Waals surface area contributed by atoms with Gasteiger partial charge in [-0.3, -0.25) is 0 Å². The first kappa shape index (κ1) is 10.1. The van der Waals surface area contributed by atoms with Crippen LogP contribution in [-0.2, 0) is 6.42 Å². The highest BCUT2D eigenvalue weighted by molar-refractivity contribution is 5.47. The SMILES string of the molecule is CC1(C)Cc2cc(C#CCO)ccc2O1. The first-order chi connectivity index (χ1) is 7.11. The van der Waals surface area contributed by atoms with Gasteiger partial charge in [-0.25, -0.2) is 0 Å². The minimum atomic E-state index is -0.106. The Morgan fingerprint density at radius 1 is 1.47 bits per heavy atom. The van der Waals surface area contributed by atoms with E-state index >= 15 is 0 Å². The molecule has 1 aliphatic heterocycles. The van der Waals surface area contributed by atoms with E-state index in [1.165, 1.54) is 5.56 Å². The fourth-order valence-electron chi connectivity index (χ4n) is 1.83. The van der Waals surface area contributed by atoms with Crippen molar-refractivity contribution in [3.63, 3.8) is 0 Å². The summed E-state index contributed by atoms with van der Waals surface area (Å²) < 4.78 is 5.76. The molecule has 1 aromatic carbocycles. The van der Waals surface area contributed by atoms with Crippen LogP contribution in [-0.4, -0.2) is 17.3 Å². The summed E-state index contributed by atoms with van der Waals surface area (Å²) in [5.41, 5.74) is 2.03. The average molecular weight is 202 g/mol. The lowest BCUT2D eigenvalue weighted by atomic mass is 10.0. The molecule has 78 valence electrons. The molecule has 0 unspecified atom stereocenters. The molecule has 0 spiro atoms. The van der Waals surface area contributed by atoms with E-state index in [-0.39, 0.29) is 12.2 Å². The molecule has 0 aliphatic carbocycles. The van der Waals surface area contributed by atoms with Crippen molar-refractivity contribution in [1.82, 2.24) is 0 Å². The quantitative estimate of drug-likeness (QED) is 0.649. The predicted molar refractivity (Wildman–Crippen MR) is 58.8 cm³/mol. The fraction of sp³-hybridized carbons (Fsp3) is 0.385. The average Bonchev–Trinajstić information content (AvgIpc) is 2.47. The Kier molecular flexibility index (Phi) is 2.42. The number of fused-ring (bicyclic) bond motifs is 1. The first-order valence-electron chi connectivity index (χ1n) is 5.02. The van der Waals surface area contributed by atoms with Crippen LogP contribution in [0.1, 0.15) is 25.0 Å². The molecule has 0 fully saturated rings. The highest BCUT2D eigenvalue weighted by Gasteiger charge is 2.29. The van der Waals surface area contributed by atoms with Crippen molar-refractivity contribution >= 4 is 0 Å². The van der Waals surface area contributed by atoms with E-state index in [0.717, 1.165) is 17.7 Å². The van der Waals surface area contributed by atoms with Gasteiger partial charge in [-0.1, -0.05) is 11.8 Å². The molecule has 0 atom stereocenters. The number of benzene rings is 1.